The van der Waals surface area contributed by atoms with Gasteiger partial charge in [-0.05, 0) is 37.3 Å². The maximum atomic E-state index is 6.48. The van der Waals surface area contributed by atoms with Crippen LogP contribution in [0.1, 0.15) is 42.3 Å². The number of hydrogen-bond donors (Lipinski definition) is 0. The van der Waals surface area contributed by atoms with E-state index >= 15 is 0 Å². The molecule has 4 heterocycles. The van der Waals surface area contributed by atoms with Gasteiger partial charge in [0.2, 0.25) is 13.0 Å². The molecule has 1 aromatic heterocycles. The van der Waals surface area contributed by atoms with Gasteiger partial charge in [0.25, 0.3) is 0 Å². The Morgan fingerprint density at radius 3 is 2.90 bits per heavy atom. The second-order valence-corrected chi connectivity index (χ2v) is 7.58. The van der Waals surface area contributed by atoms with Crippen LogP contribution in [0, 0.1) is 0 Å². The van der Waals surface area contributed by atoms with Crippen molar-refractivity contribution in [3.05, 3.63) is 77.6 Å². The molecule has 0 fully saturated rings. The van der Waals surface area contributed by atoms with E-state index in [0.717, 1.165) is 51.8 Å². The highest BCUT2D eigenvalue weighted by molar-refractivity contribution is 6.02. The molecule has 2 aromatic carbocycles. The lowest BCUT2D eigenvalue weighted by atomic mass is 9.95. The molecule has 3 aromatic rings. The normalized spacial score (nSPS) is 20.5. The Morgan fingerprint density at radius 2 is 2.03 bits per heavy atom. The van der Waals surface area contributed by atoms with Crippen LogP contribution in [0.5, 0.6) is 23.0 Å². The zero-order chi connectivity index (χ0) is 20.8. The van der Waals surface area contributed by atoms with Crippen LogP contribution in [0.25, 0.3) is 0 Å². The highest BCUT2D eigenvalue weighted by Gasteiger charge is 2.42. The topological polar surface area (TPSA) is 65.4 Å². The average molecular weight is 415 g/mol. The van der Waals surface area contributed by atoms with Crippen molar-refractivity contribution in [3.8, 4) is 23.0 Å². The Balaban J connectivity index is 1.44. The number of benzene rings is 2. The summed E-state index contributed by atoms with van der Waals surface area (Å²) >= 11 is 0. The van der Waals surface area contributed by atoms with Crippen molar-refractivity contribution in [2.24, 2.45) is 5.10 Å². The fourth-order valence-electron chi connectivity index (χ4n) is 4.35. The summed E-state index contributed by atoms with van der Waals surface area (Å²) in [4.78, 5) is 4.29. The third-order valence-corrected chi connectivity index (χ3v) is 5.76. The van der Waals surface area contributed by atoms with E-state index < -0.39 is 0 Å². The zero-order valence-electron chi connectivity index (χ0n) is 17.0. The summed E-state index contributed by atoms with van der Waals surface area (Å²) in [5, 5.41) is 7.03. The smallest absolute Gasteiger partial charge is 0.231 e. The second kappa shape index (κ2) is 7.19. The fraction of sp³-hybridized carbons (Fsp3) is 0.250. The molecule has 7 heteroatoms. The number of hydrazone groups is 1. The Morgan fingerprint density at radius 1 is 1.10 bits per heavy atom. The Kier molecular flexibility index (Phi) is 4.19. The number of ether oxygens (including phenoxy) is 4. The van der Waals surface area contributed by atoms with Crippen molar-refractivity contribution < 1.29 is 18.9 Å². The van der Waals surface area contributed by atoms with Crippen LogP contribution in [0.3, 0.4) is 0 Å². The van der Waals surface area contributed by atoms with E-state index in [9.17, 15) is 0 Å². The maximum Gasteiger partial charge on any atom is 0.231 e. The number of pyridine rings is 1. The van der Waals surface area contributed by atoms with Crippen molar-refractivity contribution in [3.63, 3.8) is 0 Å². The summed E-state index contributed by atoms with van der Waals surface area (Å²) in [6, 6.07) is 16.0. The Bertz CT molecular complexity index is 1160. The van der Waals surface area contributed by atoms with Gasteiger partial charge in [-0.25, -0.2) is 5.01 Å². The maximum absolute atomic E-state index is 6.48. The summed E-state index contributed by atoms with van der Waals surface area (Å²) < 4.78 is 23.4. The molecule has 0 amide bonds. The van der Waals surface area contributed by atoms with Crippen LogP contribution >= 0.6 is 0 Å². The first kappa shape index (κ1) is 18.1. The van der Waals surface area contributed by atoms with Gasteiger partial charge in [0.1, 0.15) is 0 Å². The molecule has 7 nitrogen and oxygen atoms in total. The molecule has 0 bridgehead atoms. The zero-order valence-corrected chi connectivity index (χ0v) is 17.0. The number of aromatic nitrogens is 1. The largest absolute Gasteiger partial charge is 0.490 e. The van der Waals surface area contributed by atoms with E-state index in [-0.39, 0.29) is 19.1 Å². The molecule has 2 atom stereocenters. The SMILES string of the molecule is CCOc1cccc2c1OC(c1cccnc1)N1N=C(c3ccc4c(c3)OCO4)CC21. The molecule has 0 saturated heterocycles. The van der Waals surface area contributed by atoms with E-state index in [1.165, 1.54) is 0 Å². The highest BCUT2D eigenvalue weighted by atomic mass is 16.7. The first-order valence-electron chi connectivity index (χ1n) is 10.4. The summed E-state index contributed by atoms with van der Waals surface area (Å²) in [6.45, 7) is 2.80. The standard InChI is InChI=1S/C24H21N3O4/c1-2-28-21-7-3-6-17-19-12-18(15-8-9-20-22(11-15)30-14-29-20)26-27(19)24(31-23(17)21)16-5-4-10-25-13-16/h3-11,13,19,24H,2,12,14H2,1H3. The average Bonchev–Trinajstić information content (AvgIpc) is 3.46. The van der Waals surface area contributed by atoms with Crippen LogP contribution in [0.4, 0.5) is 0 Å². The van der Waals surface area contributed by atoms with E-state index in [1.54, 1.807) is 6.20 Å². The summed E-state index contributed by atoms with van der Waals surface area (Å²) in [6.07, 6.45) is 3.94. The van der Waals surface area contributed by atoms with Gasteiger partial charge in [0, 0.05) is 35.5 Å². The molecular weight excluding hydrogens is 394 g/mol. The van der Waals surface area contributed by atoms with Crippen molar-refractivity contribution in [1.29, 1.82) is 0 Å². The monoisotopic (exact) mass is 415 g/mol. The minimum Gasteiger partial charge on any atom is -0.490 e. The lowest BCUT2D eigenvalue weighted by Crippen LogP contribution is -2.34. The second-order valence-electron chi connectivity index (χ2n) is 7.58. The van der Waals surface area contributed by atoms with E-state index in [4.69, 9.17) is 24.0 Å². The van der Waals surface area contributed by atoms with Crippen molar-refractivity contribution in [2.75, 3.05) is 13.4 Å². The van der Waals surface area contributed by atoms with Crippen LogP contribution in [-0.4, -0.2) is 29.1 Å². The number of para-hydroxylation sites is 1. The lowest BCUT2D eigenvalue weighted by molar-refractivity contribution is -0.0214. The molecule has 3 aliphatic rings. The molecule has 0 N–H and O–H groups in total. The van der Waals surface area contributed by atoms with E-state index in [1.807, 2.05) is 60.6 Å². The van der Waals surface area contributed by atoms with Gasteiger partial charge in [0.15, 0.2) is 23.0 Å². The van der Waals surface area contributed by atoms with Gasteiger partial charge < -0.3 is 18.9 Å². The van der Waals surface area contributed by atoms with E-state index in [0.29, 0.717) is 6.61 Å². The first-order chi connectivity index (χ1) is 15.3. The van der Waals surface area contributed by atoms with Crippen LogP contribution in [0.15, 0.2) is 66.0 Å². The van der Waals surface area contributed by atoms with Gasteiger partial charge >= 0.3 is 0 Å². The number of hydrogen-bond acceptors (Lipinski definition) is 7. The van der Waals surface area contributed by atoms with Crippen LogP contribution in [-0.2, 0) is 0 Å². The van der Waals surface area contributed by atoms with Gasteiger partial charge in [0.05, 0.1) is 18.4 Å². The summed E-state index contributed by atoms with van der Waals surface area (Å²) in [5.74, 6) is 3.05. The van der Waals surface area contributed by atoms with Gasteiger partial charge in [-0.3, -0.25) is 4.98 Å². The quantitative estimate of drug-likeness (QED) is 0.627. The van der Waals surface area contributed by atoms with Gasteiger partial charge in [-0.2, -0.15) is 5.10 Å². The van der Waals surface area contributed by atoms with Crippen LogP contribution < -0.4 is 18.9 Å². The van der Waals surface area contributed by atoms with Gasteiger partial charge in [-0.15, -0.1) is 0 Å². The Labute approximate surface area is 179 Å². The molecule has 0 radical (unpaired) electrons. The lowest BCUT2D eigenvalue weighted by Gasteiger charge is -2.38. The van der Waals surface area contributed by atoms with Crippen molar-refractivity contribution in [1.82, 2.24) is 9.99 Å². The molecule has 0 aliphatic carbocycles. The molecule has 2 unspecified atom stereocenters. The molecule has 0 spiro atoms. The van der Waals surface area contributed by atoms with Gasteiger partial charge in [-0.1, -0.05) is 18.2 Å². The third kappa shape index (κ3) is 2.96. The predicted molar refractivity (Wildman–Crippen MR) is 114 cm³/mol. The molecule has 0 saturated carbocycles. The summed E-state index contributed by atoms with van der Waals surface area (Å²) in [5.41, 5.74) is 4.02. The Hall–Kier alpha value is -3.74. The number of nitrogens with zero attached hydrogens (tertiary/aromatic N) is 3. The van der Waals surface area contributed by atoms with Crippen molar-refractivity contribution >= 4 is 5.71 Å². The third-order valence-electron chi connectivity index (χ3n) is 5.76. The van der Waals surface area contributed by atoms with Crippen LogP contribution in [0.2, 0.25) is 0 Å². The van der Waals surface area contributed by atoms with E-state index in [2.05, 4.69) is 11.1 Å². The van der Waals surface area contributed by atoms with Crippen molar-refractivity contribution in [2.45, 2.75) is 25.6 Å². The summed E-state index contributed by atoms with van der Waals surface area (Å²) in [7, 11) is 0. The first-order valence-corrected chi connectivity index (χ1v) is 10.4. The predicted octanol–water partition coefficient (Wildman–Crippen LogP) is 4.45. The minimum absolute atomic E-state index is 0.0368. The number of fused-ring (bicyclic) bond motifs is 4. The molecular formula is C24H21N3O4. The minimum atomic E-state index is -0.390. The number of rotatable bonds is 4. The molecule has 6 rings (SSSR count). The molecule has 31 heavy (non-hydrogen) atoms. The molecule has 3 aliphatic heterocycles. The molecule has 156 valence electrons. The highest BCUT2D eigenvalue weighted by Crippen LogP contribution is 2.50. The fourth-order valence-corrected chi connectivity index (χ4v) is 4.35.